The van der Waals surface area contributed by atoms with Crippen molar-refractivity contribution in [3.63, 3.8) is 0 Å². The van der Waals surface area contributed by atoms with E-state index in [2.05, 4.69) is 22.8 Å². The van der Waals surface area contributed by atoms with Crippen molar-refractivity contribution in [3.8, 4) is 11.1 Å². The summed E-state index contributed by atoms with van der Waals surface area (Å²) in [6, 6.07) is 14.8. The van der Waals surface area contributed by atoms with Crippen molar-refractivity contribution in [3.05, 3.63) is 59.7 Å². The highest BCUT2D eigenvalue weighted by Crippen LogP contribution is 2.44. The van der Waals surface area contributed by atoms with E-state index in [1.807, 2.05) is 36.4 Å². The number of hydrogen-bond donors (Lipinski definition) is 4. The van der Waals surface area contributed by atoms with E-state index >= 15 is 0 Å². The van der Waals surface area contributed by atoms with Crippen LogP contribution in [-0.4, -0.2) is 54.0 Å². The molecule has 2 aromatic rings. The number of hydrogen-bond acceptors (Lipinski definition) is 5. The molecule has 2 aliphatic carbocycles. The third-order valence-corrected chi connectivity index (χ3v) is 5.91. The van der Waals surface area contributed by atoms with Crippen LogP contribution in [0.15, 0.2) is 48.5 Å². The summed E-state index contributed by atoms with van der Waals surface area (Å²) >= 11 is 0. The number of aliphatic hydroxyl groups excluding tert-OH is 1. The van der Waals surface area contributed by atoms with Gasteiger partial charge in [0.05, 0.1) is 6.61 Å². The maximum atomic E-state index is 12.2. The average Bonchev–Trinajstić information content (AvgIpc) is 3.49. The number of alkyl carbamates (subject to hydrolysis) is 1. The molecule has 162 valence electrons. The number of aliphatic hydroxyl groups is 1. The van der Waals surface area contributed by atoms with Crippen molar-refractivity contribution >= 4 is 18.0 Å². The smallest absolute Gasteiger partial charge is 0.407 e. The predicted octanol–water partition coefficient (Wildman–Crippen LogP) is 1.72. The Kier molecular flexibility index (Phi) is 5.90. The van der Waals surface area contributed by atoms with Crippen LogP contribution in [0.3, 0.4) is 0 Å². The van der Waals surface area contributed by atoms with E-state index in [4.69, 9.17) is 14.9 Å². The molecule has 2 amide bonds. The van der Waals surface area contributed by atoms with Gasteiger partial charge in [0.15, 0.2) is 0 Å². The Morgan fingerprint density at radius 3 is 2.23 bits per heavy atom. The maximum Gasteiger partial charge on any atom is 0.407 e. The van der Waals surface area contributed by atoms with Crippen molar-refractivity contribution in [1.82, 2.24) is 10.6 Å². The molecule has 0 radical (unpaired) electrons. The number of carbonyl (C=O) groups is 3. The number of carboxylic acids is 1. The number of carbonyl (C=O) groups excluding carboxylic acids is 2. The Bertz CT molecular complexity index is 962. The Morgan fingerprint density at radius 2 is 1.65 bits per heavy atom. The lowest BCUT2D eigenvalue weighted by molar-refractivity contribution is -0.143. The summed E-state index contributed by atoms with van der Waals surface area (Å²) in [4.78, 5) is 35.1. The Hall–Kier alpha value is -3.39. The first-order valence-electron chi connectivity index (χ1n) is 10.2. The summed E-state index contributed by atoms with van der Waals surface area (Å²) in [6.45, 7) is -0.187. The summed E-state index contributed by atoms with van der Waals surface area (Å²) in [5, 5.41) is 22.9. The number of nitrogens with one attached hydrogen (secondary N) is 2. The zero-order valence-electron chi connectivity index (χ0n) is 16.8. The number of carboxylic acid groups (broad SMARTS) is 1. The fourth-order valence-electron chi connectivity index (χ4n) is 4.12. The number of benzene rings is 2. The van der Waals surface area contributed by atoms with E-state index in [0.29, 0.717) is 6.42 Å². The van der Waals surface area contributed by atoms with E-state index in [1.54, 1.807) is 0 Å². The van der Waals surface area contributed by atoms with Gasteiger partial charge in [0.25, 0.3) is 0 Å². The van der Waals surface area contributed by atoms with Crippen LogP contribution in [0.1, 0.15) is 23.5 Å². The lowest BCUT2D eigenvalue weighted by atomic mass is 9.98. The molecule has 0 spiro atoms. The molecule has 1 saturated carbocycles. The predicted molar refractivity (Wildman–Crippen MR) is 111 cm³/mol. The molecule has 3 atom stereocenters. The second-order valence-electron chi connectivity index (χ2n) is 7.89. The number of amides is 2. The molecule has 0 aromatic heterocycles. The zero-order valence-corrected chi connectivity index (χ0v) is 16.8. The average molecular weight is 424 g/mol. The van der Waals surface area contributed by atoms with Crippen LogP contribution in [0.2, 0.25) is 0 Å². The van der Waals surface area contributed by atoms with E-state index in [0.717, 1.165) is 22.3 Å². The van der Waals surface area contributed by atoms with E-state index in [9.17, 15) is 14.4 Å². The normalized spacial score (nSPS) is 19.6. The number of rotatable bonds is 8. The molecule has 0 aliphatic heterocycles. The van der Waals surface area contributed by atoms with Crippen molar-refractivity contribution in [2.24, 2.45) is 11.8 Å². The molecule has 0 heterocycles. The molecule has 4 N–H and O–H groups in total. The van der Waals surface area contributed by atoms with Crippen LogP contribution in [0.25, 0.3) is 11.1 Å². The summed E-state index contributed by atoms with van der Waals surface area (Å²) in [6.07, 6.45) is -0.000494. The van der Waals surface area contributed by atoms with Crippen molar-refractivity contribution in [2.45, 2.75) is 18.4 Å². The Morgan fingerprint density at radius 1 is 1.03 bits per heavy atom. The molecular weight excluding hydrogens is 400 g/mol. The van der Waals surface area contributed by atoms with Crippen LogP contribution in [0.4, 0.5) is 4.79 Å². The SMILES string of the molecule is O=C(NC[C@H]1C[C@H]1C(=O)N[C@H](CO)C(=O)O)OCC1c2ccccc2-c2ccccc21. The molecule has 8 heteroatoms. The molecule has 8 nitrogen and oxygen atoms in total. The second-order valence-corrected chi connectivity index (χ2v) is 7.89. The summed E-state index contributed by atoms with van der Waals surface area (Å²) in [5.41, 5.74) is 4.57. The molecule has 2 aliphatic rings. The monoisotopic (exact) mass is 424 g/mol. The van der Waals surface area contributed by atoms with Gasteiger partial charge in [-0.3, -0.25) is 4.79 Å². The summed E-state index contributed by atoms with van der Waals surface area (Å²) in [7, 11) is 0. The molecule has 31 heavy (non-hydrogen) atoms. The van der Waals surface area contributed by atoms with Gasteiger partial charge in [-0.2, -0.15) is 0 Å². The first kappa shape index (κ1) is 20.9. The van der Waals surface area contributed by atoms with Crippen LogP contribution >= 0.6 is 0 Å². The van der Waals surface area contributed by atoms with Gasteiger partial charge in [-0.25, -0.2) is 9.59 Å². The van der Waals surface area contributed by atoms with Crippen molar-refractivity contribution in [2.75, 3.05) is 19.8 Å². The molecule has 1 fully saturated rings. The topological polar surface area (TPSA) is 125 Å². The van der Waals surface area contributed by atoms with Gasteiger partial charge in [0.2, 0.25) is 5.91 Å². The van der Waals surface area contributed by atoms with Gasteiger partial charge < -0.3 is 25.6 Å². The lowest BCUT2D eigenvalue weighted by Crippen LogP contribution is -2.44. The standard InChI is InChI=1S/C23H24N2O6/c26-11-20(22(28)29)25-21(27)18-9-13(18)10-24-23(30)31-12-19-16-7-3-1-5-14(16)15-6-2-4-8-17(15)19/h1-8,13,18-20,26H,9-12H2,(H,24,30)(H,25,27)(H,28,29)/t13-,18-,20-/m1/s1. The summed E-state index contributed by atoms with van der Waals surface area (Å²) < 4.78 is 5.47. The van der Waals surface area contributed by atoms with Crippen LogP contribution in [-0.2, 0) is 14.3 Å². The highest BCUT2D eigenvalue weighted by atomic mass is 16.5. The number of fused-ring (bicyclic) bond motifs is 3. The van der Waals surface area contributed by atoms with Crippen molar-refractivity contribution in [1.29, 1.82) is 0 Å². The number of aliphatic carboxylic acids is 1. The van der Waals surface area contributed by atoms with Gasteiger partial charge in [-0.05, 0) is 34.6 Å². The fraction of sp³-hybridized carbons (Fsp3) is 0.348. The van der Waals surface area contributed by atoms with Crippen LogP contribution in [0, 0.1) is 11.8 Å². The van der Waals surface area contributed by atoms with Gasteiger partial charge in [0.1, 0.15) is 12.6 Å². The van der Waals surface area contributed by atoms with E-state index < -0.39 is 30.6 Å². The Labute approximate surface area is 179 Å². The molecule has 4 rings (SSSR count). The molecule has 0 bridgehead atoms. The first-order valence-corrected chi connectivity index (χ1v) is 10.2. The largest absolute Gasteiger partial charge is 0.480 e. The van der Waals surface area contributed by atoms with Crippen molar-refractivity contribution < 1.29 is 29.3 Å². The lowest BCUT2D eigenvalue weighted by Gasteiger charge is -2.14. The molecule has 0 unspecified atom stereocenters. The maximum absolute atomic E-state index is 12.2. The van der Waals surface area contributed by atoms with Crippen LogP contribution in [0.5, 0.6) is 0 Å². The van der Waals surface area contributed by atoms with E-state index in [-0.39, 0.29) is 30.9 Å². The molecule has 2 aromatic carbocycles. The highest BCUT2D eigenvalue weighted by Gasteiger charge is 2.44. The van der Waals surface area contributed by atoms with Crippen LogP contribution < -0.4 is 10.6 Å². The first-order chi connectivity index (χ1) is 15.0. The quantitative estimate of drug-likeness (QED) is 0.511. The second kappa shape index (κ2) is 8.77. The third kappa shape index (κ3) is 4.39. The van der Waals surface area contributed by atoms with Gasteiger partial charge in [-0.1, -0.05) is 48.5 Å². The van der Waals surface area contributed by atoms with E-state index in [1.165, 1.54) is 0 Å². The zero-order chi connectivity index (χ0) is 22.0. The number of ether oxygens (including phenoxy) is 1. The van der Waals surface area contributed by atoms with Gasteiger partial charge in [0, 0.05) is 18.4 Å². The third-order valence-electron chi connectivity index (χ3n) is 5.91. The Balaban J connectivity index is 1.26. The minimum absolute atomic E-state index is 0.0240. The minimum Gasteiger partial charge on any atom is -0.480 e. The molecule has 0 saturated heterocycles. The summed E-state index contributed by atoms with van der Waals surface area (Å²) in [5.74, 6) is -2.19. The molecular formula is C23H24N2O6. The van der Waals surface area contributed by atoms with Gasteiger partial charge in [-0.15, -0.1) is 0 Å². The minimum atomic E-state index is -1.32. The highest BCUT2D eigenvalue weighted by molar-refractivity contribution is 5.87. The fourth-order valence-corrected chi connectivity index (χ4v) is 4.12. The van der Waals surface area contributed by atoms with Gasteiger partial charge >= 0.3 is 12.1 Å².